The molecule has 18 heavy (non-hydrogen) atoms. The van der Waals surface area contributed by atoms with Crippen molar-refractivity contribution >= 4 is 5.90 Å². The van der Waals surface area contributed by atoms with Gasteiger partial charge in [-0.05, 0) is 6.42 Å². The molecule has 0 fully saturated rings. The van der Waals surface area contributed by atoms with Crippen LogP contribution in [0.1, 0.15) is 64.7 Å². The van der Waals surface area contributed by atoms with Crippen molar-refractivity contribution in [3.8, 4) is 0 Å². The van der Waals surface area contributed by atoms with Gasteiger partial charge in [-0.15, -0.1) is 0 Å². The summed E-state index contributed by atoms with van der Waals surface area (Å²) in [6.07, 6.45) is 15.3. The van der Waals surface area contributed by atoms with Gasteiger partial charge in [-0.1, -0.05) is 58.3 Å². The van der Waals surface area contributed by atoms with Crippen LogP contribution in [0.5, 0.6) is 0 Å². The molecule has 0 aromatic heterocycles. The summed E-state index contributed by atoms with van der Waals surface area (Å²) >= 11 is 0. The van der Waals surface area contributed by atoms with Gasteiger partial charge in [-0.3, -0.25) is 0 Å². The predicted molar refractivity (Wildman–Crippen MR) is 75.7 cm³/mol. The van der Waals surface area contributed by atoms with Crippen LogP contribution >= 0.6 is 0 Å². The van der Waals surface area contributed by atoms with Crippen LogP contribution in [0.15, 0.2) is 17.5 Å². The van der Waals surface area contributed by atoms with Crippen LogP contribution in [0.4, 0.5) is 0 Å². The third-order valence-corrected chi connectivity index (χ3v) is 3.10. The average Bonchev–Trinajstić information content (AvgIpc) is 2.42. The number of hydrogen-bond donors (Lipinski definition) is 0. The van der Waals surface area contributed by atoms with Gasteiger partial charge in [-0.25, -0.2) is 4.99 Å². The monoisotopic (exact) mass is 253 g/mol. The number of nitrogens with zero attached hydrogens (tertiary/aromatic N) is 1. The third kappa shape index (κ3) is 8.15. The van der Waals surface area contributed by atoms with Gasteiger partial charge in [0.1, 0.15) is 6.26 Å². The second kappa shape index (κ2) is 11.1. The highest BCUT2D eigenvalue weighted by Crippen LogP contribution is 2.09. The predicted octanol–water partition coefficient (Wildman–Crippen LogP) is 4.43. The van der Waals surface area contributed by atoms with E-state index in [0.717, 1.165) is 13.0 Å². The number of aliphatic imine (C=N–C) groups is 1. The maximum absolute atomic E-state index is 5.52. The van der Waals surface area contributed by atoms with Gasteiger partial charge < -0.3 is 9.47 Å². The van der Waals surface area contributed by atoms with Crippen molar-refractivity contribution in [2.24, 2.45) is 4.99 Å². The number of ether oxygens (including phenoxy) is 2. The van der Waals surface area contributed by atoms with Crippen molar-refractivity contribution in [2.45, 2.75) is 64.7 Å². The largest absolute Gasteiger partial charge is 0.490 e. The first-order chi connectivity index (χ1) is 8.93. The van der Waals surface area contributed by atoms with Gasteiger partial charge in [0, 0.05) is 0 Å². The van der Waals surface area contributed by atoms with Crippen molar-refractivity contribution < 1.29 is 9.47 Å². The van der Waals surface area contributed by atoms with Gasteiger partial charge in [-0.2, -0.15) is 0 Å². The molecule has 0 N–H and O–H groups in total. The van der Waals surface area contributed by atoms with Crippen LogP contribution in [0, 0.1) is 0 Å². The van der Waals surface area contributed by atoms with E-state index < -0.39 is 0 Å². The molecule has 1 rings (SSSR count). The highest BCUT2D eigenvalue weighted by Gasteiger charge is 2.02. The summed E-state index contributed by atoms with van der Waals surface area (Å²) in [5.41, 5.74) is 0. The van der Waals surface area contributed by atoms with Crippen molar-refractivity contribution in [3.05, 3.63) is 12.5 Å². The molecule has 0 radical (unpaired) electrons. The first-order valence-electron chi connectivity index (χ1n) is 7.39. The van der Waals surface area contributed by atoms with E-state index in [-0.39, 0.29) is 0 Å². The van der Waals surface area contributed by atoms with Crippen molar-refractivity contribution in [1.29, 1.82) is 0 Å². The number of rotatable bonds is 10. The number of hydrogen-bond acceptors (Lipinski definition) is 3. The van der Waals surface area contributed by atoms with Gasteiger partial charge in [0.25, 0.3) is 0 Å². The zero-order valence-corrected chi connectivity index (χ0v) is 11.7. The lowest BCUT2D eigenvalue weighted by Crippen LogP contribution is -2.14. The molecule has 0 aromatic carbocycles. The van der Waals surface area contributed by atoms with E-state index in [1.54, 1.807) is 12.5 Å². The minimum atomic E-state index is 0.480. The van der Waals surface area contributed by atoms with Gasteiger partial charge in [0.05, 0.1) is 12.8 Å². The van der Waals surface area contributed by atoms with Gasteiger partial charge in [0.15, 0.2) is 6.61 Å². The summed E-state index contributed by atoms with van der Waals surface area (Å²) in [5, 5.41) is 0. The first kappa shape index (κ1) is 15.1. The normalized spacial score (nSPS) is 14.2. The van der Waals surface area contributed by atoms with Gasteiger partial charge in [0.2, 0.25) is 5.90 Å². The van der Waals surface area contributed by atoms with E-state index in [4.69, 9.17) is 9.47 Å². The van der Waals surface area contributed by atoms with E-state index in [9.17, 15) is 0 Å². The Morgan fingerprint density at radius 3 is 2.33 bits per heavy atom. The molecular formula is C15H27NO2. The maximum atomic E-state index is 5.52. The molecule has 1 aliphatic heterocycles. The van der Waals surface area contributed by atoms with Crippen molar-refractivity contribution in [1.82, 2.24) is 0 Å². The molecule has 0 bridgehead atoms. The number of unbranched alkanes of at least 4 members (excludes halogenated alkanes) is 8. The standard InChI is InChI=1S/C15H27NO2/c1-2-3-4-5-6-7-8-9-10-12-18-15-14-17-13-11-16-15/h11,13H,2-10,12,14H2,1H3. The molecule has 0 saturated heterocycles. The zero-order chi connectivity index (χ0) is 12.9. The minimum Gasteiger partial charge on any atom is -0.490 e. The summed E-state index contributed by atoms with van der Waals surface area (Å²) in [7, 11) is 0. The molecule has 0 saturated carbocycles. The fourth-order valence-electron chi connectivity index (χ4n) is 1.99. The molecule has 1 aliphatic rings. The van der Waals surface area contributed by atoms with E-state index in [0.29, 0.717) is 12.5 Å². The Bertz CT molecular complexity index is 249. The van der Waals surface area contributed by atoms with E-state index in [2.05, 4.69) is 11.9 Å². The van der Waals surface area contributed by atoms with Crippen LogP contribution in [-0.2, 0) is 9.47 Å². The highest BCUT2D eigenvalue weighted by molar-refractivity contribution is 5.78. The highest BCUT2D eigenvalue weighted by atomic mass is 16.5. The summed E-state index contributed by atoms with van der Waals surface area (Å²) in [6.45, 7) is 3.51. The first-order valence-corrected chi connectivity index (χ1v) is 7.39. The summed E-state index contributed by atoms with van der Waals surface area (Å²) in [6, 6.07) is 0. The Labute approximate surface area is 111 Å². The SMILES string of the molecule is CCCCCCCCCCCOC1=NC=COC1. The summed E-state index contributed by atoms with van der Waals surface area (Å²) < 4.78 is 10.6. The topological polar surface area (TPSA) is 30.8 Å². The fourth-order valence-corrected chi connectivity index (χ4v) is 1.99. The van der Waals surface area contributed by atoms with Crippen molar-refractivity contribution in [2.75, 3.05) is 13.2 Å². The molecule has 0 unspecified atom stereocenters. The van der Waals surface area contributed by atoms with Crippen LogP contribution < -0.4 is 0 Å². The fraction of sp³-hybridized carbons (Fsp3) is 0.800. The zero-order valence-electron chi connectivity index (χ0n) is 11.7. The molecule has 0 atom stereocenters. The Hall–Kier alpha value is -0.990. The lowest BCUT2D eigenvalue weighted by Gasteiger charge is -2.10. The third-order valence-electron chi connectivity index (χ3n) is 3.10. The Kier molecular flexibility index (Phi) is 9.31. The van der Waals surface area contributed by atoms with Crippen molar-refractivity contribution in [3.63, 3.8) is 0 Å². The van der Waals surface area contributed by atoms with Crippen LogP contribution in [-0.4, -0.2) is 19.1 Å². The van der Waals surface area contributed by atoms with E-state index in [1.807, 2.05) is 0 Å². The Balaban J connectivity index is 1.78. The maximum Gasteiger partial charge on any atom is 0.227 e. The minimum absolute atomic E-state index is 0.480. The summed E-state index contributed by atoms with van der Waals surface area (Å²) in [4.78, 5) is 4.09. The Morgan fingerprint density at radius 1 is 1.06 bits per heavy atom. The second-order valence-electron chi connectivity index (χ2n) is 4.80. The molecular weight excluding hydrogens is 226 g/mol. The van der Waals surface area contributed by atoms with E-state index in [1.165, 1.54) is 51.4 Å². The summed E-state index contributed by atoms with van der Waals surface area (Å²) in [5.74, 6) is 0.706. The second-order valence-corrected chi connectivity index (χ2v) is 4.80. The molecule has 0 aromatic rings. The quantitative estimate of drug-likeness (QED) is 0.539. The molecule has 104 valence electrons. The molecule has 0 aliphatic carbocycles. The Morgan fingerprint density at radius 2 is 1.72 bits per heavy atom. The molecule has 0 spiro atoms. The lowest BCUT2D eigenvalue weighted by molar-refractivity contribution is 0.224. The van der Waals surface area contributed by atoms with Crippen LogP contribution in [0.2, 0.25) is 0 Å². The molecule has 3 heteroatoms. The van der Waals surface area contributed by atoms with Crippen LogP contribution in [0.3, 0.4) is 0 Å². The lowest BCUT2D eigenvalue weighted by atomic mass is 10.1. The molecule has 0 amide bonds. The van der Waals surface area contributed by atoms with Crippen LogP contribution in [0.25, 0.3) is 0 Å². The van der Waals surface area contributed by atoms with Gasteiger partial charge >= 0.3 is 0 Å². The molecule has 3 nitrogen and oxygen atoms in total. The smallest absolute Gasteiger partial charge is 0.227 e. The van der Waals surface area contributed by atoms with E-state index >= 15 is 0 Å². The average molecular weight is 253 g/mol. The molecule has 1 heterocycles.